The summed E-state index contributed by atoms with van der Waals surface area (Å²) in [5.74, 6) is 1.75. The highest BCUT2D eigenvalue weighted by Gasteiger charge is 2.20. The number of aromatic nitrogens is 4. The Kier molecular flexibility index (Phi) is 6.95. The molecule has 0 aliphatic carbocycles. The fraction of sp³-hybridized carbons (Fsp3) is 0.316. The number of imidazole rings is 1. The number of hydrogen-bond donors (Lipinski definition) is 3. The van der Waals surface area contributed by atoms with Gasteiger partial charge in [-0.2, -0.15) is 8.42 Å². The lowest BCUT2D eigenvalue weighted by Gasteiger charge is -2.14. The van der Waals surface area contributed by atoms with Gasteiger partial charge in [-0.3, -0.25) is 4.72 Å². The first-order valence-corrected chi connectivity index (χ1v) is 11.7. The van der Waals surface area contributed by atoms with Crippen molar-refractivity contribution in [3.05, 3.63) is 54.0 Å². The maximum Gasteiger partial charge on any atom is 0.282 e. The summed E-state index contributed by atoms with van der Waals surface area (Å²) in [6, 6.07) is 11.1. The van der Waals surface area contributed by atoms with Crippen LogP contribution in [0.25, 0.3) is 0 Å². The Hall–Kier alpha value is -2.63. The molecule has 9 nitrogen and oxygen atoms in total. The van der Waals surface area contributed by atoms with Crippen LogP contribution < -0.4 is 10.0 Å². The van der Waals surface area contributed by atoms with E-state index in [9.17, 15) is 13.5 Å². The zero-order valence-corrected chi connectivity index (χ0v) is 18.5. The van der Waals surface area contributed by atoms with Crippen LogP contribution in [-0.2, 0) is 22.8 Å². The molecule has 0 unspecified atom stereocenters. The van der Waals surface area contributed by atoms with E-state index in [0.717, 1.165) is 5.56 Å². The number of aliphatic hydroxyl groups excluding tert-OH is 1. The van der Waals surface area contributed by atoms with E-state index in [1.54, 1.807) is 25.5 Å². The van der Waals surface area contributed by atoms with Crippen LogP contribution in [0.5, 0.6) is 0 Å². The average Bonchev–Trinajstić information content (AvgIpc) is 3.06. The molecule has 30 heavy (non-hydrogen) atoms. The molecule has 0 fully saturated rings. The number of nitrogens with zero attached hydrogens (tertiary/aromatic N) is 4. The van der Waals surface area contributed by atoms with Gasteiger partial charge in [0.2, 0.25) is 0 Å². The van der Waals surface area contributed by atoms with Crippen molar-refractivity contribution in [2.75, 3.05) is 16.6 Å². The molecule has 160 valence electrons. The molecule has 11 heteroatoms. The summed E-state index contributed by atoms with van der Waals surface area (Å²) in [6.07, 6.45) is 1.44. The molecule has 2 heterocycles. The number of thioether (sulfide) groups is 1. The number of benzene rings is 1. The van der Waals surface area contributed by atoms with Crippen molar-refractivity contribution >= 4 is 33.4 Å². The van der Waals surface area contributed by atoms with E-state index in [-0.39, 0.29) is 23.5 Å². The zero-order valence-electron chi connectivity index (χ0n) is 16.9. The Morgan fingerprint density at radius 1 is 1.17 bits per heavy atom. The molecular weight excluding hydrogens is 424 g/mol. The van der Waals surface area contributed by atoms with Crippen molar-refractivity contribution < 1.29 is 13.5 Å². The minimum atomic E-state index is -3.91. The monoisotopic (exact) mass is 448 g/mol. The third-order valence-electron chi connectivity index (χ3n) is 4.19. The Balaban J connectivity index is 1.86. The summed E-state index contributed by atoms with van der Waals surface area (Å²) in [4.78, 5) is 12.9. The van der Waals surface area contributed by atoms with E-state index in [0.29, 0.717) is 22.6 Å². The van der Waals surface area contributed by atoms with Crippen LogP contribution in [0.15, 0.2) is 52.8 Å². The van der Waals surface area contributed by atoms with E-state index < -0.39 is 10.0 Å². The number of aliphatic hydroxyl groups is 1. The second kappa shape index (κ2) is 9.45. The second-order valence-electron chi connectivity index (χ2n) is 6.77. The molecule has 2 aromatic heterocycles. The highest BCUT2D eigenvalue weighted by Crippen LogP contribution is 2.24. The van der Waals surface area contributed by atoms with Gasteiger partial charge in [0.25, 0.3) is 10.0 Å². The minimum Gasteiger partial charge on any atom is -0.394 e. The van der Waals surface area contributed by atoms with Crippen LogP contribution in [0.3, 0.4) is 0 Å². The van der Waals surface area contributed by atoms with Crippen LogP contribution in [0.1, 0.15) is 18.3 Å². The Bertz CT molecular complexity index is 1080. The average molecular weight is 449 g/mol. The molecule has 0 saturated carbocycles. The van der Waals surface area contributed by atoms with Crippen molar-refractivity contribution in [2.45, 2.75) is 35.8 Å². The summed E-state index contributed by atoms with van der Waals surface area (Å²) in [5.41, 5.74) is 1.10. The van der Waals surface area contributed by atoms with E-state index in [2.05, 4.69) is 25.0 Å². The molecule has 0 radical (unpaired) electrons. The number of nitrogens with one attached hydrogen (secondary N) is 2. The topological polar surface area (TPSA) is 122 Å². The molecule has 1 atom stereocenters. The molecule has 3 aromatic rings. The fourth-order valence-corrected chi connectivity index (χ4v) is 4.33. The van der Waals surface area contributed by atoms with Gasteiger partial charge in [-0.1, -0.05) is 42.1 Å². The van der Waals surface area contributed by atoms with Gasteiger partial charge in [0.05, 0.1) is 6.61 Å². The molecule has 1 aromatic carbocycles. The van der Waals surface area contributed by atoms with Crippen molar-refractivity contribution in [2.24, 2.45) is 7.05 Å². The van der Waals surface area contributed by atoms with Crippen molar-refractivity contribution in [1.82, 2.24) is 19.5 Å². The Labute approximate surface area is 180 Å². The van der Waals surface area contributed by atoms with Gasteiger partial charge in [-0.05, 0) is 19.4 Å². The maximum atomic E-state index is 12.7. The lowest BCUT2D eigenvalue weighted by molar-refractivity contribution is 0.281. The summed E-state index contributed by atoms with van der Waals surface area (Å²) < 4.78 is 29.6. The molecule has 0 aliphatic rings. The second-order valence-corrected chi connectivity index (χ2v) is 9.34. The highest BCUT2D eigenvalue weighted by atomic mass is 32.2. The number of anilines is 2. The van der Waals surface area contributed by atoms with E-state index >= 15 is 0 Å². The first-order valence-electron chi connectivity index (χ1n) is 9.23. The first kappa shape index (κ1) is 22.1. The molecule has 3 N–H and O–H groups in total. The van der Waals surface area contributed by atoms with Crippen LogP contribution >= 0.6 is 11.8 Å². The lowest BCUT2D eigenvalue weighted by atomic mass is 10.2. The smallest absolute Gasteiger partial charge is 0.282 e. The van der Waals surface area contributed by atoms with Gasteiger partial charge in [0, 0.05) is 31.1 Å². The van der Waals surface area contributed by atoms with E-state index in [4.69, 9.17) is 0 Å². The third-order valence-corrected chi connectivity index (χ3v) is 6.33. The quantitative estimate of drug-likeness (QED) is 0.337. The molecular formula is C19H24N6O3S2. The SMILES string of the molecule is Cc1nc(S(=O)(=O)Nc2cc(N[C@H](C)CO)nc(SCc3ccccc3)n2)cn1C. The number of rotatable bonds is 9. The lowest BCUT2D eigenvalue weighted by Crippen LogP contribution is -2.21. The maximum absolute atomic E-state index is 12.7. The Morgan fingerprint density at radius 2 is 1.87 bits per heavy atom. The van der Waals surface area contributed by atoms with Crippen LogP contribution in [0.4, 0.5) is 11.6 Å². The molecule has 0 spiro atoms. The first-order chi connectivity index (χ1) is 14.3. The van der Waals surface area contributed by atoms with E-state index in [1.165, 1.54) is 24.0 Å². The van der Waals surface area contributed by atoms with Gasteiger partial charge >= 0.3 is 0 Å². The fourth-order valence-electron chi connectivity index (χ4n) is 2.48. The van der Waals surface area contributed by atoms with Crippen LogP contribution in [0, 0.1) is 6.92 Å². The van der Waals surface area contributed by atoms with Gasteiger partial charge in [0.15, 0.2) is 10.2 Å². The number of aryl methyl sites for hydroxylation is 2. The van der Waals surface area contributed by atoms with Gasteiger partial charge in [-0.25, -0.2) is 15.0 Å². The Morgan fingerprint density at radius 3 is 2.50 bits per heavy atom. The van der Waals surface area contributed by atoms with Gasteiger partial charge < -0.3 is 15.0 Å². The van der Waals surface area contributed by atoms with E-state index in [1.807, 2.05) is 30.3 Å². The van der Waals surface area contributed by atoms with Gasteiger partial charge in [0.1, 0.15) is 17.5 Å². The van der Waals surface area contributed by atoms with Crippen molar-refractivity contribution in [3.8, 4) is 0 Å². The normalized spacial score (nSPS) is 12.5. The zero-order chi connectivity index (χ0) is 21.7. The van der Waals surface area contributed by atoms with Crippen LogP contribution in [0.2, 0.25) is 0 Å². The summed E-state index contributed by atoms with van der Waals surface area (Å²) in [5, 5.41) is 12.7. The standard InChI is InChI=1S/C19H24N6O3S2/c1-13(11-26)20-16-9-17(24-30(27,28)18-10-25(3)14(2)21-18)23-19(22-16)29-12-15-7-5-4-6-8-15/h4-10,13,26H,11-12H2,1-3H3,(H2,20,22,23,24)/t13-/m1/s1. The summed E-state index contributed by atoms with van der Waals surface area (Å²) >= 11 is 1.39. The molecule has 3 rings (SSSR count). The summed E-state index contributed by atoms with van der Waals surface area (Å²) in [6.45, 7) is 3.42. The third kappa shape index (κ3) is 5.71. The van der Waals surface area contributed by atoms with Crippen LogP contribution in [-0.4, -0.2) is 45.7 Å². The minimum absolute atomic E-state index is 0.0853. The molecule has 0 amide bonds. The highest BCUT2D eigenvalue weighted by molar-refractivity contribution is 7.98. The predicted molar refractivity (Wildman–Crippen MR) is 117 cm³/mol. The molecule has 0 saturated heterocycles. The van der Waals surface area contributed by atoms with Crippen molar-refractivity contribution in [1.29, 1.82) is 0 Å². The molecule has 0 bridgehead atoms. The summed E-state index contributed by atoms with van der Waals surface area (Å²) in [7, 11) is -2.18. The largest absolute Gasteiger partial charge is 0.394 e. The van der Waals surface area contributed by atoms with Gasteiger partial charge in [-0.15, -0.1) is 0 Å². The van der Waals surface area contributed by atoms with Crippen molar-refractivity contribution in [3.63, 3.8) is 0 Å². The number of sulfonamides is 1. The number of hydrogen-bond acceptors (Lipinski definition) is 8. The predicted octanol–water partition coefficient (Wildman–Crippen LogP) is 2.40. The molecule has 0 aliphatic heterocycles.